The maximum absolute atomic E-state index is 5.62. The van der Waals surface area contributed by atoms with Crippen molar-refractivity contribution in [1.82, 2.24) is 4.98 Å². The predicted molar refractivity (Wildman–Crippen MR) is 301 cm³/mol. The van der Waals surface area contributed by atoms with Gasteiger partial charge in [-0.25, -0.2) is 28.3 Å². The first-order valence-electron chi connectivity index (χ1n) is 26.0. The fourth-order valence-electron chi connectivity index (χ4n) is 10.7. The van der Waals surface area contributed by atoms with E-state index in [9.17, 15) is 0 Å². The maximum Gasteiger partial charge on any atom is 0.173 e. The Morgan fingerprint density at radius 2 is 0.671 bits per heavy atom. The Labute approximate surface area is 442 Å². The molecule has 1 N–H and O–H groups in total. The Morgan fingerprint density at radius 1 is 0.342 bits per heavy atom. The molecule has 0 aliphatic carbocycles. The van der Waals surface area contributed by atoms with Gasteiger partial charge in [0.15, 0.2) is 75.8 Å². The van der Waals surface area contributed by atoms with Crippen molar-refractivity contribution >= 4 is 39.4 Å². The molecule has 9 aromatic rings. The van der Waals surface area contributed by atoms with Crippen molar-refractivity contribution in [3.8, 4) is 0 Å². The van der Waals surface area contributed by atoms with E-state index in [0.29, 0.717) is 6.42 Å². The number of aromatic amines is 1. The third-order valence-corrected chi connectivity index (χ3v) is 14.4. The Bertz CT molecular complexity index is 3760. The van der Waals surface area contributed by atoms with E-state index in [1.807, 2.05) is 12.1 Å². The van der Waals surface area contributed by atoms with Crippen molar-refractivity contribution in [3.05, 3.63) is 334 Å². The van der Waals surface area contributed by atoms with Crippen molar-refractivity contribution in [2.45, 2.75) is 32.6 Å². The quantitative estimate of drug-likeness (QED) is 0.119. The molecule has 0 atom stereocenters. The van der Waals surface area contributed by atoms with Gasteiger partial charge in [-0.3, -0.25) is 4.99 Å². The highest BCUT2D eigenvalue weighted by molar-refractivity contribution is 6.34. The lowest BCUT2D eigenvalue weighted by Crippen LogP contribution is -2.32. The number of hydrogen-bond acceptors (Lipinski definition) is 3. The van der Waals surface area contributed by atoms with Crippen LogP contribution in [0.2, 0.25) is 0 Å². The molecule has 4 aliphatic rings. The van der Waals surface area contributed by atoms with Crippen LogP contribution in [0.15, 0.2) is 294 Å². The van der Waals surface area contributed by atoms with E-state index in [4.69, 9.17) is 15.0 Å². The molecule has 0 spiro atoms. The van der Waals surface area contributed by atoms with E-state index in [1.54, 1.807) is 0 Å². The number of fused-ring (bicyclic) bond motifs is 6. The van der Waals surface area contributed by atoms with Gasteiger partial charge in [0, 0.05) is 116 Å². The van der Waals surface area contributed by atoms with Crippen molar-refractivity contribution in [3.63, 3.8) is 0 Å². The monoisotopic (exact) mass is 982 g/mol. The van der Waals surface area contributed by atoms with Gasteiger partial charge in [0.25, 0.3) is 0 Å². The molecule has 8 heteroatoms. The molecule has 76 heavy (non-hydrogen) atoms. The van der Waals surface area contributed by atoms with Crippen molar-refractivity contribution in [2.24, 2.45) is 15.0 Å². The van der Waals surface area contributed by atoms with Crippen LogP contribution < -0.4 is 29.0 Å². The highest BCUT2D eigenvalue weighted by atomic mass is 14.9. The fraction of sp³-hybridized carbons (Fsp3) is 0.0735. The maximum atomic E-state index is 5.62. The first-order valence-corrected chi connectivity index (χ1v) is 26.0. The third-order valence-electron chi connectivity index (χ3n) is 14.4. The molecule has 4 aliphatic heterocycles. The van der Waals surface area contributed by atoms with Gasteiger partial charge in [-0.2, -0.15) is 0 Å². The molecular formula is C68H54N8+4. The third kappa shape index (κ3) is 9.75. The molecule has 5 aromatic heterocycles. The van der Waals surface area contributed by atoms with Gasteiger partial charge in [0.05, 0.1) is 28.5 Å². The van der Waals surface area contributed by atoms with Gasteiger partial charge in [-0.15, -0.1) is 0 Å². The molecule has 8 bridgehead atoms. The summed E-state index contributed by atoms with van der Waals surface area (Å²) in [6, 6.07) is 64.9. The average molecular weight is 983 g/mol. The van der Waals surface area contributed by atoms with E-state index in [1.165, 1.54) is 22.3 Å². The zero-order valence-corrected chi connectivity index (χ0v) is 42.0. The molecule has 0 radical (unpaired) electrons. The lowest BCUT2D eigenvalue weighted by Gasteiger charge is -2.15. The van der Waals surface area contributed by atoms with Crippen LogP contribution in [-0.4, -0.2) is 22.1 Å². The van der Waals surface area contributed by atoms with E-state index in [0.717, 1.165) is 116 Å². The molecular weight excluding hydrogens is 929 g/mol. The Balaban J connectivity index is 0.996. The van der Waals surface area contributed by atoms with Crippen LogP contribution in [0.3, 0.4) is 0 Å². The van der Waals surface area contributed by atoms with Crippen LogP contribution in [0, 0.1) is 0 Å². The van der Waals surface area contributed by atoms with Crippen LogP contribution in [-0.2, 0) is 26.2 Å². The largest absolute Gasteiger partial charge is 0.354 e. The van der Waals surface area contributed by atoms with Crippen LogP contribution >= 0.6 is 0 Å². The van der Waals surface area contributed by atoms with Crippen LogP contribution in [0.1, 0.15) is 50.9 Å². The number of aliphatic imine (C=N–C) groups is 3. The molecule has 0 amide bonds. The average Bonchev–Trinajstić information content (AvgIpc) is 4.34. The molecule has 0 fully saturated rings. The minimum Gasteiger partial charge on any atom is -0.354 e. The van der Waals surface area contributed by atoms with E-state index >= 15 is 0 Å². The number of hydrogen-bond donors (Lipinski definition) is 1. The van der Waals surface area contributed by atoms with Crippen molar-refractivity contribution < 1.29 is 18.3 Å². The number of pyridine rings is 4. The number of allylic oxidation sites excluding steroid dienone is 7. The zero-order chi connectivity index (χ0) is 50.6. The summed E-state index contributed by atoms with van der Waals surface area (Å²) in [5, 5.41) is 1.93. The molecule has 13 rings (SSSR count). The first-order chi connectivity index (χ1) is 37.6. The predicted octanol–water partition coefficient (Wildman–Crippen LogP) is 9.34. The van der Waals surface area contributed by atoms with E-state index < -0.39 is 0 Å². The number of benzene rings is 4. The minimum atomic E-state index is 0.602. The molecule has 0 saturated carbocycles. The molecule has 8 nitrogen and oxygen atoms in total. The summed E-state index contributed by atoms with van der Waals surface area (Å²) < 4.78 is 8.79. The summed E-state index contributed by atoms with van der Waals surface area (Å²) in [5.74, 6) is 0. The molecule has 9 heterocycles. The van der Waals surface area contributed by atoms with Gasteiger partial charge in [-0.1, -0.05) is 121 Å². The Kier molecular flexibility index (Phi) is 12.5. The van der Waals surface area contributed by atoms with Gasteiger partial charge in [-0.05, 0) is 64.3 Å². The second kappa shape index (κ2) is 20.6. The summed E-state index contributed by atoms with van der Waals surface area (Å²) >= 11 is 0. The lowest BCUT2D eigenvalue weighted by molar-refractivity contribution is -0.688. The van der Waals surface area contributed by atoms with E-state index in [2.05, 4.69) is 273 Å². The van der Waals surface area contributed by atoms with Gasteiger partial charge in [0.2, 0.25) is 0 Å². The van der Waals surface area contributed by atoms with Crippen molar-refractivity contribution in [2.75, 3.05) is 0 Å². The number of nitrogens with one attached hydrogen (secondary N) is 1. The number of rotatable bonds is 12. The second-order valence-corrected chi connectivity index (χ2v) is 19.6. The van der Waals surface area contributed by atoms with Gasteiger partial charge in [0.1, 0.15) is 0 Å². The summed E-state index contributed by atoms with van der Waals surface area (Å²) in [5.41, 5.74) is 18.9. The summed E-state index contributed by atoms with van der Waals surface area (Å²) in [6.07, 6.45) is 28.2. The summed E-state index contributed by atoms with van der Waals surface area (Å²) in [6.45, 7) is 3.09. The molecule has 4 aromatic carbocycles. The smallest absolute Gasteiger partial charge is 0.173 e. The highest BCUT2D eigenvalue weighted by Gasteiger charge is 2.28. The SMILES string of the molecule is C1=CC2=C(c3ccc(C[n+]4ccccc4)cc3)C3=CN=C(C3)C(c3ccc(C[n+]4ccccc4)cc3)=C3C=CC(=N3)C(c3ccc(C[n+]4ccccc4)cc3)=c3ccc([nH]3)=C(c3ccc(C[n+]4ccccc4)cc3)C1=N2. The molecule has 362 valence electrons. The van der Waals surface area contributed by atoms with Crippen LogP contribution in [0.4, 0.5) is 0 Å². The Hall–Kier alpha value is -9.79. The first kappa shape index (κ1) is 46.0. The minimum absolute atomic E-state index is 0.602. The fourth-order valence-corrected chi connectivity index (χ4v) is 10.7. The Morgan fingerprint density at radius 3 is 1.04 bits per heavy atom. The van der Waals surface area contributed by atoms with Crippen LogP contribution in [0.5, 0.6) is 0 Å². The molecule has 0 unspecified atom stereocenters. The normalized spacial score (nSPS) is 14.8. The van der Waals surface area contributed by atoms with Gasteiger partial charge < -0.3 is 4.98 Å². The van der Waals surface area contributed by atoms with Crippen molar-refractivity contribution in [1.29, 1.82) is 0 Å². The standard InChI is InChI=1S/C68H54N8/c1-5-35-73(36-6-1)45-49-13-21-53(22-14-49)65-57-43-64(69-44-57)68(56-27-19-52(20-28-56)48-76-41-11-4-12-42-76)63-34-33-62(72-63)67(55-25-17-51(18-26-55)47-75-39-9-3-10-40-75)61-32-31-60(71-61)66(59-30-29-58(65)70-59)54-23-15-50(16-24-54)46-74-37-7-2-8-38-74/h1-42,44,71H,43,45-48H2/q+4. The summed E-state index contributed by atoms with van der Waals surface area (Å²) in [4.78, 5) is 20.5. The second-order valence-electron chi connectivity index (χ2n) is 19.6. The van der Waals surface area contributed by atoms with Gasteiger partial charge >= 0.3 is 0 Å². The summed E-state index contributed by atoms with van der Waals surface area (Å²) in [7, 11) is 0. The number of nitrogens with zero attached hydrogens (tertiary/aromatic N) is 7. The van der Waals surface area contributed by atoms with Crippen LogP contribution in [0.25, 0.3) is 22.3 Å². The highest BCUT2D eigenvalue weighted by Crippen LogP contribution is 2.39. The zero-order valence-electron chi connectivity index (χ0n) is 42.0. The molecule has 0 saturated heterocycles. The lowest BCUT2D eigenvalue weighted by atomic mass is 9.89. The topological polar surface area (TPSA) is 68.4 Å². The van der Waals surface area contributed by atoms with E-state index in [-0.39, 0.29) is 0 Å². The number of aromatic nitrogens is 5. The number of H-pyrrole nitrogens is 1.